The summed E-state index contributed by atoms with van der Waals surface area (Å²) in [5.41, 5.74) is 0.845. The van der Waals surface area contributed by atoms with Crippen LogP contribution in [0, 0.1) is 0 Å². The summed E-state index contributed by atoms with van der Waals surface area (Å²) in [6.45, 7) is 0. The molecule has 1 saturated carbocycles. The van der Waals surface area contributed by atoms with E-state index in [4.69, 9.17) is 4.52 Å². The van der Waals surface area contributed by atoms with Gasteiger partial charge in [0, 0.05) is 22.2 Å². The number of halogens is 1. The molecule has 1 aromatic carbocycles. The van der Waals surface area contributed by atoms with E-state index in [9.17, 15) is 13.2 Å². The van der Waals surface area contributed by atoms with Crippen molar-refractivity contribution in [3.05, 3.63) is 45.8 Å². The van der Waals surface area contributed by atoms with Gasteiger partial charge in [0.25, 0.3) is 0 Å². The Hall–Kier alpha value is -1.47. The number of sulfone groups is 1. The Bertz CT molecular complexity index is 821. The van der Waals surface area contributed by atoms with Crippen LogP contribution in [0.25, 0.3) is 0 Å². The predicted octanol–water partition coefficient (Wildman–Crippen LogP) is 2.95. The monoisotopic (exact) mass is 369 g/mol. The van der Waals surface area contributed by atoms with E-state index in [0.29, 0.717) is 21.4 Å². The lowest BCUT2D eigenvalue weighted by molar-refractivity contribution is 0.103. The molecule has 0 bridgehead atoms. The van der Waals surface area contributed by atoms with Crippen molar-refractivity contribution >= 4 is 31.6 Å². The van der Waals surface area contributed by atoms with Crippen molar-refractivity contribution < 1.29 is 17.7 Å². The Labute approximate surface area is 130 Å². The molecule has 2 aromatic rings. The van der Waals surface area contributed by atoms with E-state index in [2.05, 4.69) is 21.1 Å². The van der Waals surface area contributed by atoms with Crippen LogP contribution in [0.5, 0.6) is 0 Å². The molecular formula is C14H12BrNO4S. The highest BCUT2D eigenvalue weighted by molar-refractivity contribution is 9.10. The lowest BCUT2D eigenvalue weighted by atomic mass is 10.0. The number of rotatable bonds is 4. The minimum Gasteiger partial charge on any atom is -0.360 e. The maximum absolute atomic E-state index is 12.6. The average Bonchev–Trinajstić information content (AvgIpc) is 3.14. The second kappa shape index (κ2) is 5.06. The molecule has 0 aliphatic heterocycles. The molecule has 1 heterocycles. The Morgan fingerprint density at radius 1 is 1.33 bits per heavy atom. The van der Waals surface area contributed by atoms with Crippen molar-refractivity contribution in [2.75, 3.05) is 6.26 Å². The van der Waals surface area contributed by atoms with E-state index in [-0.39, 0.29) is 16.6 Å². The number of hydrogen-bond acceptors (Lipinski definition) is 5. The lowest BCUT2D eigenvalue weighted by Gasteiger charge is -2.05. The van der Waals surface area contributed by atoms with Crippen molar-refractivity contribution in [1.82, 2.24) is 5.16 Å². The molecule has 0 saturated heterocycles. The van der Waals surface area contributed by atoms with Gasteiger partial charge in [-0.3, -0.25) is 4.79 Å². The van der Waals surface area contributed by atoms with Gasteiger partial charge < -0.3 is 4.52 Å². The highest BCUT2D eigenvalue weighted by Gasteiger charge is 2.33. The van der Waals surface area contributed by atoms with Gasteiger partial charge in [-0.15, -0.1) is 0 Å². The molecule has 0 amide bonds. The predicted molar refractivity (Wildman–Crippen MR) is 79.2 cm³/mol. The molecule has 0 N–H and O–H groups in total. The molecule has 0 spiro atoms. The van der Waals surface area contributed by atoms with Crippen molar-refractivity contribution in [3.63, 3.8) is 0 Å². The molecule has 0 atom stereocenters. The van der Waals surface area contributed by atoms with Gasteiger partial charge in [-0.25, -0.2) is 8.42 Å². The zero-order chi connectivity index (χ0) is 15.2. The van der Waals surface area contributed by atoms with Crippen LogP contribution < -0.4 is 0 Å². The number of carbonyl (C=O) groups excluding carboxylic acids is 1. The van der Waals surface area contributed by atoms with Gasteiger partial charge in [-0.2, -0.15) is 0 Å². The summed E-state index contributed by atoms with van der Waals surface area (Å²) in [5, 5.41) is 3.71. The smallest absolute Gasteiger partial charge is 0.199 e. The molecule has 7 heteroatoms. The first kappa shape index (κ1) is 14.5. The molecule has 1 aliphatic carbocycles. The molecule has 1 fully saturated rings. The Morgan fingerprint density at radius 3 is 2.62 bits per heavy atom. The van der Waals surface area contributed by atoms with Gasteiger partial charge in [0.15, 0.2) is 21.4 Å². The van der Waals surface area contributed by atoms with E-state index < -0.39 is 9.84 Å². The highest BCUT2D eigenvalue weighted by Crippen LogP contribution is 2.42. The fourth-order valence-electron chi connectivity index (χ4n) is 2.11. The van der Waals surface area contributed by atoms with Crippen LogP contribution in [0.3, 0.4) is 0 Å². The van der Waals surface area contributed by atoms with E-state index in [1.54, 1.807) is 0 Å². The van der Waals surface area contributed by atoms with E-state index in [1.165, 1.54) is 24.4 Å². The summed E-state index contributed by atoms with van der Waals surface area (Å²) < 4.78 is 28.6. The SMILES string of the molecule is CS(=O)(=O)c1ccc(C(=O)c2cnoc2C2CC2)c(Br)c1. The summed E-state index contributed by atoms with van der Waals surface area (Å²) in [5.74, 6) is 0.685. The third-order valence-corrected chi connectivity index (χ3v) is 5.17. The first-order valence-corrected chi connectivity index (χ1v) is 9.05. The second-order valence-corrected chi connectivity index (χ2v) is 7.99. The molecule has 1 aromatic heterocycles. The van der Waals surface area contributed by atoms with Gasteiger partial charge in [0.05, 0.1) is 16.7 Å². The van der Waals surface area contributed by atoms with Crippen LogP contribution in [-0.4, -0.2) is 25.6 Å². The fraction of sp³-hybridized carbons (Fsp3) is 0.286. The molecule has 0 unspecified atom stereocenters. The molecule has 0 radical (unpaired) electrons. The Balaban J connectivity index is 2.00. The number of aromatic nitrogens is 1. The van der Waals surface area contributed by atoms with Crippen LogP contribution in [0.4, 0.5) is 0 Å². The minimum absolute atomic E-state index is 0.165. The summed E-state index contributed by atoms with van der Waals surface area (Å²) in [4.78, 5) is 12.7. The summed E-state index contributed by atoms with van der Waals surface area (Å²) in [6, 6.07) is 4.37. The zero-order valence-corrected chi connectivity index (χ0v) is 13.6. The standard InChI is InChI=1S/C14H12BrNO4S/c1-21(18,19)9-4-5-10(12(15)6-9)13(17)11-7-16-20-14(11)8-2-3-8/h4-8H,2-3H2,1H3. The highest BCUT2D eigenvalue weighted by atomic mass is 79.9. The lowest BCUT2D eigenvalue weighted by Crippen LogP contribution is -2.05. The van der Waals surface area contributed by atoms with Gasteiger partial charge in [-0.05, 0) is 47.0 Å². The molecule has 3 rings (SSSR count). The average molecular weight is 370 g/mol. The molecule has 110 valence electrons. The van der Waals surface area contributed by atoms with Crippen LogP contribution in [0.2, 0.25) is 0 Å². The summed E-state index contributed by atoms with van der Waals surface area (Å²) in [7, 11) is -3.31. The topological polar surface area (TPSA) is 77.2 Å². The number of carbonyl (C=O) groups is 1. The minimum atomic E-state index is -3.31. The largest absolute Gasteiger partial charge is 0.360 e. The van der Waals surface area contributed by atoms with Gasteiger partial charge in [-0.1, -0.05) is 5.16 Å². The van der Waals surface area contributed by atoms with Crippen molar-refractivity contribution in [3.8, 4) is 0 Å². The van der Waals surface area contributed by atoms with Crippen LogP contribution >= 0.6 is 15.9 Å². The Morgan fingerprint density at radius 2 is 2.05 bits per heavy atom. The first-order valence-electron chi connectivity index (χ1n) is 6.37. The van der Waals surface area contributed by atoms with Gasteiger partial charge in [0.1, 0.15) is 0 Å². The van der Waals surface area contributed by atoms with E-state index in [1.807, 2.05) is 0 Å². The quantitative estimate of drug-likeness (QED) is 0.774. The van der Waals surface area contributed by atoms with E-state index >= 15 is 0 Å². The second-order valence-electron chi connectivity index (χ2n) is 5.12. The third-order valence-electron chi connectivity index (χ3n) is 3.40. The molecule has 1 aliphatic rings. The van der Waals surface area contributed by atoms with Crippen molar-refractivity contribution in [2.24, 2.45) is 0 Å². The molecule has 21 heavy (non-hydrogen) atoms. The zero-order valence-electron chi connectivity index (χ0n) is 11.2. The molecular weight excluding hydrogens is 358 g/mol. The summed E-state index contributed by atoms with van der Waals surface area (Å²) in [6.07, 6.45) is 4.56. The number of ketones is 1. The maximum atomic E-state index is 12.6. The summed E-state index contributed by atoms with van der Waals surface area (Å²) >= 11 is 3.27. The normalized spacial score (nSPS) is 15.1. The fourth-order valence-corrected chi connectivity index (χ4v) is 3.47. The van der Waals surface area contributed by atoms with Crippen LogP contribution in [0.1, 0.15) is 40.4 Å². The van der Waals surface area contributed by atoms with Crippen LogP contribution in [-0.2, 0) is 9.84 Å². The van der Waals surface area contributed by atoms with Gasteiger partial charge >= 0.3 is 0 Å². The maximum Gasteiger partial charge on any atom is 0.199 e. The number of benzene rings is 1. The van der Waals surface area contributed by atoms with Crippen LogP contribution in [0.15, 0.2) is 38.3 Å². The van der Waals surface area contributed by atoms with Gasteiger partial charge in [0.2, 0.25) is 0 Å². The Kier molecular flexibility index (Phi) is 3.49. The van der Waals surface area contributed by atoms with Crippen molar-refractivity contribution in [1.29, 1.82) is 0 Å². The van der Waals surface area contributed by atoms with Crippen molar-refractivity contribution in [2.45, 2.75) is 23.7 Å². The first-order chi connectivity index (χ1) is 9.88. The van der Waals surface area contributed by atoms with E-state index in [0.717, 1.165) is 19.1 Å². The number of nitrogens with zero attached hydrogens (tertiary/aromatic N) is 1. The third kappa shape index (κ3) is 2.80. The molecule has 5 nitrogen and oxygen atoms in total. The number of hydrogen-bond donors (Lipinski definition) is 0.